The Morgan fingerprint density at radius 3 is 2.40 bits per heavy atom. The molecule has 0 spiro atoms. The van der Waals surface area contributed by atoms with Crippen LogP contribution < -0.4 is 11.3 Å². The molecule has 3 nitrogen and oxygen atoms in total. The average molecular weight is 276 g/mol. The van der Waals surface area contributed by atoms with E-state index in [-0.39, 0.29) is 12.1 Å². The van der Waals surface area contributed by atoms with Crippen LogP contribution in [0.25, 0.3) is 0 Å². The Kier molecular flexibility index (Phi) is 6.02. The standard InChI is InChI=1S/C17H28N2O/c1-3-20-17(15-7-5-4-6-8-15)16(19-18)14-11-9-13(2)10-12-14/h4-8,13-14,16-17,19H,3,9-12,18H2,1-2H3. The number of ether oxygens (including phenoxy) is 1. The molecular weight excluding hydrogens is 248 g/mol. The van der Waals surface area contributed by atoms with Crippen molar-refractivity contribution in [3.8, 4) is 0 Å². The van der Waals surface area contributed by atoms with E-state index < -0.39 is 0 Å². The smallest absolute Gasteiger partial charge is 0.0993 e. The van der Waals surface area contributed by atoms with Gasteiger partial charge in [0.1, 0.15) is 0 Å². The van der Waals surface area contributed by atoms with Gasteiger partial charge >= 0.3 is 0 Å². The van der Waals surface area contributed by atoms with E-state index in [0.717, 1.165) is 5.92 Å². The van der Waals surface area contributed by atoms with Crippen LogP contribution >= 0.6 is 0 Å². The van der Waals surface area contributed by atoms with Gasteiger partial charge in [-0.3, -0.25) is 11.3 Å². The summed E-state index contributed by atoms with van der Waals surface area (Å²) in [7, 11) is 0. The minimum Gasteiger partial charge on any atom is -0.372 e. The zero-order valence-corrected chi connectivity index (χ0v) is 12.7. The predicted molar refractivity (Wildman–Crippen MR) is 83.0 cm³/mol. The Hall–Kier alpha value is -0.900. The van der Waals surface area contributed by atoms with Crippen LogP contribution in [-0.4, -0.2) is 12.6 Å². The minimum atomic E-state index is 0.0459. The van der Waals surface area contributed by atoms with Gasteiger partial charge in [-0.15, -0.1) is 0 Å². The molecule has 0 saturated heterocycles. The normalized spacial score (nSPS) is 26.1. The molecule has 3 heteroatoms. The summed E-state index contributed by atoms with van der Waals surface area (Å²) < 4.78 is 6.02. The van der Waals surface area contributed by atoms with Gasteiger partial charge in [0.15, 0.2) is 0 Å². The lowest BCUT2D eigenvalue weighted by atomic mass is 9.77. The lowest BCUT2D eigenvalue weighted by molar-refractivity contribution is 0.00760. The van der Waals surface area contributed by atoms with Crippen molar-refractivity contribution in [1.82, 2.24) is 5.43 Å². The van der Waals surface area contributed by atoms with Crippen LogP contribution in [0.15, 0.2) is 30.3 Å². The molecule has 1 aromatic rings. The van der Waals surface area contributed by atoms with Gasteiger partial charge in [0.05, 0.1) is 12.1 Å². The Morgan fingerprint density at radius 1 is 1.20 bits per heavy atom. The highest BCUT2D eigenvalue weighted by molar-refractivity contribution is 5.19. The third kappa shape index (κ3) is 3.81. The zero-order valence-electron chi connectivity index (χ0n) is 12.7. The lowest BCUT2D eigenvalue weighted by Gasteiger charge is -2.37. The van der Waals surface area contributed by atoms with Gasteiger partial charge in [0.25, 0.3) is 0 Å². The highest BCUT2D eigenvalue weighted by atomic mass is 16.5. The van der Waals surface area contributed by atoms with Crippen LogP contribution in [0.2, 0.25) is 0 Å². The maximum absolute atomic E-state index is 6.02. The van der Waals surface area contributed by atoms with E-state index in [1.807, 2.05) is 13.0 Å². The number of hydrazine groups is 1. The summed E-state index contributed by atoms with van der Waals surface area (Å²) in [6.07, 6.45) is 5.14. The van der Waals surface area contributed by atoms with Crippen molar-refractivity contribution in [3.63, 3.8) is 0 Å². The maximum atomic E-state index is 6.02. The molecule has 1 aliphatic carbocycles. The second-order valence-corrected chi connectivity index (χ2v) is 6.00. The first-order chi connectivity index (χ1) is 9.76. The monoisotopic (exact) mass is 276 g/mol. The van der Waals surface area contributed by atoms with Crippen molar-refractivity contribution < 1.29 is 4.74 Å². The van der Waals surface area contributed by atoms with E-state index in [9.17, 15) is 0 Å². The molecule has 2 rings (SSSR count). The van der Waals surface area contributed by atoms with Crippen molar-refractivity contribution in [2.45, 2.75) is 51.7 Å². The SMILES string of the molecule is CCOC(c1ccccc1)C(NN)C1CCC(C)CC1. The summed E-state index contributed by atoms with van der Waals surface area (Å²) >= 11 is 0. The average Bonchev–Trinajstić information content (AvgIpc) is 2.50. The van der Waals surface area contributed by atoms with Crippen molar-refractivity contribution >= 4 is 0 Å². The number of hydrogen-bond acceptors (Lipinski definition) is 3. The second kappa shape index (κ2) is 7.77. The highest BCUT2D eigenvalue weighted by Crippen LogP contribution is 2.35. The Balaban J connectivity index is 2.13. The molecule has 0 aliphatic heterocycles. The van der Waals surface area contributed by atoms with E-state index in [2.05, 4.69) is 36.6 Å². The molecule has 0 radical (unpaired) electrons. The number of rotatable bonds is 6. The van der Waals surface area contributed by atoms with Crippen molar-refractivity contribution in [2.75, 3.05) is 6.61 Å². The molecule has 1 saturated carbocycles. The molecule has 0 bridgehead atoms. The second-order valence-electron chi connectivity index (χ2n) is 6.00. The largest absolute Gasteiger partial charge is 0.372 e. The van der Waals surface area contributed by atoms with Crippen molar-refractivity contribution in [1.29, 1.82) is 0 Å². The number of nitrogens with two attached hydrogens (primary N) is 1. The Bertz CT molecular complexity index is 374. The molecule has 0 aromatic heterocycles. The molecule has 2 unspecified atom stereocenters. The molecule has 2 atom stereocenters. The lowest BCUT2D eigenvalue weighted by Crippen LogP contribution is -2.47. The van der Waals surface area contributed by atoms with Crippen LogP contribution in [-0.2, 0) is 4.74 Å². The van der Waals surface area contributed by atoms with Crippen LogP contribution in [0.3, 0.4) is 0 Å². The Morgan fingerprint density at radius 2 is 1.85 bits per heavy atom. The molecule has 1 fully saturated rings. The van der Waals surface area contributed by atoms with E-state index >= 15 is 0 Å². The third-order valence-electron chi connectivity index (χ3n) is 4.56. The summed E-state index contributed by atoms with van der Waals surface area (Å²) in [6.45, 7) is 5.10. The van der Waals surface area contributed by atoms with Crippen molar-refractivity contribution in [3.05, 3.63) is 35.9 Å². The van der Waals surface area contributed by atoms with Gasteiger partial charge < -0.3 is 4.74 Å². The molecule has 0 amide bonds. The summed E-state index contributed by atoms with van der Waals surface area (Å²) in [6, 6.07) is 10.6. The van der Waals surface area contributed by atoms with Crippen LogP contribution in [0.1, 0.15) is 51.2 Å². The third-order valence-corrected chi connectivity index (χ3v) is 4.56. The first-order valence-electron chi connectivity index (χ1n) is 7.89. The molecule has 1 aliphatic rings. The summed E-state index contributed by atoms with van der Waals surface area (Å²) in [5.41, 5.74) is 4.26. The first-order valence-corrected chi connectivity index (χ1v) is 7.89. The van der Waals surface area contributed by atoms with Gasteiger partial charge in [-0.25, -0.2) is 0 Å². The van der Waals surface area contributed by atoms with E-state index in [1.54, 1.807) is 0 Å². The van der Waals surface area contributed by atoms with Gasteiger partial charge in [0, 0.05) is 6.61 Å². The van der Waals surface area contributed by atoms with Crippen LogP contribution in [0, 0.1) is 11.8 Å². The van der Waals surface area contributed by atoms with Crippen molar-refractivity contribution in [2.24, 2.45) is 17.7 Å². The first kappa shape index (κ1) is 15.5. The van der Waals surface area contributed by atoms with Gasteiger partial charge in [-0.2, -0.15) is 0 Å². The van der Waals surface area contributed by atoms with E-state index in [0.29, 0.717) is 12.5 Å². The maximum Gasteiger partial charge on any atom is 0.0993 e. The predicted octanol–water partition coefficient (Wildman–Crippen LogP) is 3.42. The molecule has 1 aromatic carbocycles. The number of nitrogens with one attached hydrogen (secondary N) is 1. The van der Waals surface area contributed by atoms with Gasteiger partial charge in [0.2, 0.25) is 0 Å². The Labute approximate surface area is 122 Å². The van der Waals surface area contributed by atoms with E-state index in [4.69, 9.17) is 10.6 Å². The highest BCUT2D eigenvalue weighted by Gasteiger charge is 2.32. The summed E-state index contributed by atoms with van der Waals surface area (Å²) in [5, 5.41) is 0. The van der Waals surface area contributed by atoms with Crippen LogP contribution in [0.4, 0.5) is 0 Å². The van der Waals surface area contributed by atoms with Crippen LogP contribution in [0.5, 0.6) is 0 Å². The zero-order chi connectivity index (χ0) is 14.4. The quantitative estimate of drug-likeness (QED) is 0.618. The molecule has 20 heavy (non-hydrogen) atoms. The molecule has 112 valence electrons. The fraction of sp³-hybridized carbons (Fsp3) is 0.647. The summed E-state index contributed by atoms with van der Waals surface area (Å²) in [5.74, 6) is 7.34. The van der Waals surface area contributed by atoms with Gasteiger partial charge in [-0.1, -0.05) is 50.1 Å². The fourth-order valence-corrected chi connectivity index (χ4v) is 3.35. The topological polar surface area (TPSA) is 47.3 Å². The fourth-order valence-electron chi connectivity index (χ4n) is 3.35. The minimum absolute atomic E-state index is 0.0459. The van der Waals surface area contributed by atoms with Gasteiger partial charge in [-0.05, 0) is 37.2 Å². The molecule has 3 N–H and O–H groups in total. The molecule has 0 heterocycles. The van der Waals surface area contributed by atoms with E-state index in [1.165, 1.54) is 31.2 Å². The molecular formula is C17H28N2O. The number of benzene rings is 1. The number of hydrogen-bond donors (Lipinski definition) is 2. The summed E-state index contributed by atoms with van der Waals surface area (Å²) in [4.78, 5) is 0.